The molecule has 7 nitrogen and oxygen atoms in total. The van der Waals surface area contributed by atoms with Crippen LogP contribution in [0.3, 0.4) is 0 Å². The van der Waals surface area contributed by atoms with Gasteiger partial charge in [-0.25, -0.2) is 4.98 Å². The second-order valence-electron chi connectivity index (χ2n) is 3.98. The van der Waals surface area contributed by atoms with Crippen molar-refractivity contribution in [1.29, 1.82) is 0 Å². The molecule has 1 heterocycles. The van der Waals surface area contributed by atoms with Crippen LogP contribution >= 0.6 is 0 Å². The fraction of sp³-hybridized carbons (Fsp3) is 0.462. The standard InChI is InChI=1S/C13H18N2O5/c1-19-9-8-15(7-5-11(17)20-2)13(18)12-10(16)4-3-6-14-12/h3-4,6,16H,5,7-9H2,1-2H3. The van der Waals surface area contributed by atoms with Gasteiger partial charge in [-0.05, 0) is 12.1 Å². The average Bonchev–Trinajstić information content (AvgIpc) is 2.47. The van der Waals surface area contributed by atoms with Gasteiger partial charge < -0.3 is 19.5 Å². The highest BCUT2D eigenvalue weighted by Crippen LogP contribution is 2.15. The van der Waals surface area contributed by atoms with Crippen LogP contribution in [0.5, 0.6) is 5.75 Å². The molecule has 0 unspecified atom stereocenters. The van der Waals surface area contributed by atoms with Gasteiger partial charge in [0, 0.05) is 26.4 Å². The topological polar surface area (TPSA) is 89.0 Å². The largest absolute Gasteiger partial charge is 0.505 e. The predicted octanol–water partition coefficient (Wildman–Crippen LogP) is 0.439. The molecule has 0 atom stereocenters. The van der Waals surface area contributed by atoms with Crippen molar-refractivity contribution in [3.8, 4) is 5.75 Å². The van der Waals surface area contributed by atoms with Crippen molar-refractivity contribution in [3.05, 3.63) is 24.0 Å². The highest BCUT2D eigenvalue weighted by atomic mass is 16.5. The molecule has 0 spiro atoms. The van der Waals surface area contributed by atoms with E-state index in [0.717, 1.165) is 0 Å². The molecule has 1 rings (SSSR count). The number of esters is 1. The number of aromatic nitrogens is 1. The molecule has 0 bridgehead atoms. The minimum absolute atomic E-state index is 0.0477. The van der Waals surface area contributed by atoms with Crippen LogP contribution in [-0.4, -0.2) is 60.8 Å². The molecule has 1 aromatic heterocycles. The Morgan fingerprint density at radius 1 is 1.35 bits per heavy atom. The fourth-order valence-electron chi connectivity index (χ4n) is 1.56. The summed E-state index contributed by atoms with van der Waals surface area (Å²) < 4.78 is 9.47. The lowest BCUT2D eigenvalue weighted by Crippen LogP contribution is -2.36. The molecule has 0 radical (unpaired) electrons. The lowest BCUT2D eigenvalue weighted by Gasteiger charge is -2.21. The maximum absolute atomic E-state index is 12.3. The van der Waals surface area contributed by atoms with E-state index >= 15 is 0 Å². The lowest BCUT2D eigenvalue weighted by molar-refractivity contribution is -0.140. The first-order chi connectivity index (χ1) is 9.60. The van der Waals surface area contributed by atoms with Gasteiger partial charge in [-0.3, -0.25) is 9.59 Å². The number of rotatable bonds is 7. The second-order valence-corrected chi connectivity index (χ2v) is 3.98. The van der Waals surface area contributed by atoms with E-state index in [4.69, 9.17) is 4.74 Å². The molecule has 1 aromatic rings. The number of aromatic hydroxyl groups is 1. The smallest absolute Gasteiger partial charge is 0.307 e. The van der Waals surface area contributed by atoms with Gasteiger partial charge in [-0.1, -0.05) is 0 Å². The molecular weight excluding hydrogens is 264 g/mol. The lowest BCUT2D eigenvalue weighted by atomic mass is 10.2. The Labute approximate surface area is 117 Å². The van der Waals surface area contributed by atoms with Gasteiger partial charge in [0.05, 0.1) is 20.1 Å². The molecule has 0 aliphatic heterocycles. The Morgan fingerprint density at radius 3 is 2.70 bits per heavy atom. The summed E-state index contributed by atoms with van der Waals surface area (Å²) in [7, 11) is 2.80. The Kier molecular flexibility index (Phi) is 6.45. The number of nitrogens with zero attached hydrogens (tertiary/aromatic N) is 2. The fourth-order valence-corrected chi connectivity index (χ4v) is 1.56. The van der Waals surface area contributed by atoms with Crippen LogP contribution in [0, 0.1) is 0 Å². The summed E-state index contributed by atoms with van der Waals surface area (Å²) in [5, 5.41) is 9.65. The number of hydrogen-bond acceptors (Lipinski definition) is 6. The van der Waals surface area contributed by atoms with E-state index in [2.05, 4.69) is 9.72 Å². The molecule has 7 heteroatoms. The number of carbonyl (C=O) groups excluding carboxylic acids is 2. The third-order valence-corrected chi connectivity index (χ3v) is 2.66. The molecular formula is C13H18N2O5. The van der Waals surface area contributed by atoms with E-state index in [0.29, 0.717) is 13.2 Å². The minimum Gasteiger partial charge on any atom is -0.505 e. The third kappa shape index (κ3) is 4.51. The number of ether oxygens (including phenoxy) is 2. The SMILES string of the molecule is COCCN(CCC(=O)OC)C(=O)c1ncccc1O. The summed E-state index contributed by atoms with van der Waals surface area (Å²) in [6, 6.07) is 2.91. The molecule has 0 aliphatic rings. The van der Waals surface area contributed by atoms with E-state index in [9.17, 15) is 14.7 Å². The van der Waals surface area contributed by atoms with Crippen LogP contribution in [0.1, 0.15) is 16.9 Å². The van der Waals surface area contributed by atoms with Gasteiger partial charge in [0.25, 0.3) is 5.91 Å². The van der Waals surface area contributed by atoms with E-state index in [-0.39, 0.29) is 24.4 Å². The first-order valence-electron chi connectivity index (χ1n) is 6.09. The van der Waals surface area contributed by atoms with Gasteiger partial charge in [0.1, 0.15) is 5.75 Å². The molecule has 0 fully saturated rings. The van der Waals surface area contributed by atoms with Gasteiger partial charge in [0.15, 0.2) is 5.69 Å². The van der Waals surface area contributed by atoms with Crippen LogP contribution in [-0.2, 0) is 14.3 Å². The van der Waals surface area contributed by atoms with Crippen molar-refractivity contribution < 1.29 is 24.2 Å². The van der Waals surface area contributed by atoms with Crippen LogP contribution in [0.2, 0.25) is 0 Å². The van der Waals surface area contributed by atoms with Crippen LogP contribution < -0.4 is 0 Å². The second kappa shape index (κ2) is 8.11. The highest BCUT2D eigenvalue weighted by molar-refractivity contribution is 5.95. The molecule has 20 heavy (non-hydrogen) atoms. The highest BCUT2D eigenvalue weighted by Gasteiger charge is 2.20. The number of methoxy groups -OCH3 is 2. The molecule has 0 aliphatic carbocycles. The average molecular weight is 282 g/mol. The predicted molar refractivity (Wildman–Crippen MR) is 70.3 cm³/mol. The number of hydrogen-bond donors (Lipinski definition) is 1. The zero-order chi connectivity index (χ0) is 15.0. The number of pyridine rings is 1. The van der Waals surface area contributed by atoms with Crippen molar-refractivity contribution in [1.82, 2.24) is 9.88 Å². The quantitative estimate of drug-likeness (QED) is 0.730. The number of carbonyl (C=O) groups is 2. The first kappa shape index (κ1) is 15.9. The van der Waals surface area contributed by atoms with Crippen LogP contribution in [0.15, 0.2) is 18.3 Å². The Bertz CT molecular complexity index is 464. The minimum atomic E-state index is -0.455. The van der Waals surface area contributed by atoms with Gasteiger partial charge in [-0.15, -0.1) is 0 Å². The van der Waals surface area contributed by atoms with Crippen molar-refractivity contribution in [2.24, 2.45) is 0 Å². The van der Waals surface area contributed by atoms with E-state index in [1.807, 2.05) is 0 Å². The molecule has 0 saturated heterocycles. The zero-order valence-corrected chi connectivity index (χ0v) is 11.5. The molecule has 1 amide bonds. The Morgan fingerprint density at radius 2 is 2.10 bits per heavy atom. The van der Waals surface area contributed by atoms with Crippen molar-refractivity contribution in [3.63, 3.8) is 0 Å². The summed E-state index contributed by atoms with van der Waals surface area (Å²) >= 11 is 0. The van der Waals surface area contributed by atoms with E-state index < -0.39 is 11.9 Å². The van der Waals surface area contributed by atoms with Crippen molar-refractivity contribution >= 4 is 11.9 Å². The van der Waals surface area contributed by atoms with Crippen LogP contribution in [0.25, 0.3) is 0 Å². The molecule has 0 saturated carbocycles. The van der Waals surface area contributed by atoms with Crippen LogP contribution in [0.4, 0.5) is 0 Å². The number of amides is 1. The molecule has 110 valence electrons. The first-order valence-corrected chi connectivity index (χ1v) is 6.09. The summed E-state index contributed by atoms with van der Waals surface area (Å²) in [6.45, 7) is 0.785. The summed E-state index contributed by atoms with van der Waals surface area (Å²) in [5.41, 5.74) is -0.0477. The van der Waals surface area contributed by atoms with Crippen molar-refractivity contribution in [2.75, 3.05) is 33.9 Å². The maximum atomic E-state index is 12.3. The molecule has 0 aromatic carbocycles. The molecule has 1 N–H and O–H groups in total. The zero-order valence-electron chi connectivity index (χ0n) is 11.5. The monoisotopic (exact) mass is 282 g/mol. The summed E-state index contributed by atoms with van der Waals surface area (Å²) in [6.07, 6.45) is 1.49. The van der Waals surface area contributed by atoms with Crippen molar-refractivity contribution in [2.45, 2.75) is 6.42 Å². The van der Waals surface area contributed by atoms with E-state index in [1.54, 1.807) is 0 Å². The third-order valence-electron chi connectivity index (χ3n) is 2.66. The van der Waals surface area contributed by atoms with Gasteiger partial charge >= 0.3 is 5.97 Å². The summed E-state index contributed by atoms with van der Waals surface area (Å²) in [4.78, 5) is 28.7. The Balaban J connectivity index is 2.78. The van der Waals surface area contributed by atoms with E-state index in [1.165, 1.54) is 37.4 Å². The Hall–Kier alpha value is -2.15. The van der Waals surface area contributed by atoms with Gasteiger partial charge in [0.2, 0.25) is 0 Å². The maximum Gasteiger partial charge on any atom is 0.307 e. The normalized spacial score (nSPS) is 10.1. The van der Waals surface area contributed by atoms with Gasteiger partial charge in [-0.2, -0.15) is 0 Å². The summed E-state index contributed by atoms with van der Waals surface area (Å²) in [5.74, 6) is -1.06.